The second kappa shape index (κ2) is 9.90. The molecule has 2 atom stereocenters. The van der Waals surface area contributed by atoms with Gasteiger partial charge in [-0.25, -0.2) is 0 Å². The minimum absolute atomic E-state index is 0.594. The number of ether oxygens (including phenoxy) is 2. The summed E-state index contributed by atoms with van der Waals surface area (Å²) in [6.45, 7) is 0. The number of benzene rings is 3. The van der Waals surface area contributed by atoms with Crippen LogP contribution in [0.4, 0.5) is 11.4 Å². The fourth-order valence-electron chi connectivity index (χ4n) is 3.41. The van der Waals surface area contributed by atoms with E-state index in [1.165, 1.54) is 7.11 Å². The first-order chi connectivity index (χ1) is 14.9. The molecule has 3 aromatic carbocycles. The van der Waals surface area contributed by atoms with Crippen LogP contribution in [0.3, 0.4) is 0 Å². The highest BCUT2D eigenvalue weighted by atomic mass is 31.2. The van der Waals surface area contributed by atoms with Crippen molar-refractivity contribution >= 4 is 24.0 Å². The number of rotatable bonds is 9. The number of nitrogens with zero attached hydrogens (tertiary/aromatic N) is 1. The van der Waals surface area contributed by atoms with E-state index in [1.54, 1.807) is 14.2 Å². The Kier molecular flexibility index (Phi) is 7.26. The van der Waals surface area contributed by atoms with Crippen LogP contribution in [0.5, 0.6) is 11.5 Å². The van der Waals surface area contributed by atoms with Crippen LogP contribution in [0, 0.1) is 0 Å². The van der Waals surface area contributed by atoms with Gasteiger partial charge in [0.1, 0.15) is 17.3 Å². The van der Waals surface area contributed by atoms with Gasteiger partial charge < -0.3 is 24.2 Å². The predicted molar refractivity (Wildman–Crippen MR) is 127 cm³/mol. The van der Waals surface area contributed by atoms with E-state index in [4.69, 9.17) is 14.0 Å². The second-order valence-electron chi connectivity index (χ2n) is 7.21. The third-order valence-corrected chi connectivity index (χ3v) is 7.79. The van der Waals surface area contributed by atoms with Gasteiger partial charge >= 0.3 is 0 Å². The van der Waals surface area contributed by atoms with Crippen molar-refractivity contribution in [2.45, 2.75) is 5.78 Å². The summed E-state index contributed by atoms with van der Waals surface area (Å²) in [7, 11) is 5.16. The maximum Gasteiger partial charge on any atom is 0.257 e. The van der Waals surface area contributed by atoms with Gasteiger partial charge in [0.25, 0.3) is 7.37 Å². The first-order valence-corrected chi connectivity index (χ1v) is 11.6. The molecule has 0 aliphatic heterocycles. The van der Waals surface area contributed by atoms with Gasteiger partial charge in [0.2, 0.25) is 0 Å². The minimum atomic E-state index is -3.44. The lowest BCUT2D eigenvalue weighted by atomic mass is 10.1. The maximum absolute atomic E-state index is 14.4. The summed E-state index contributed by atoms with van der Waals surface area (Å²) in [5.41, 5.74) is 2.52. The molecule has 0 heterocycles. The van der Waals surface area contributed by atoms with E-state index < -0.39 is 13.2 Å². The maximum atomic E-state index is 14.4. The van der Waals surface area contributed by atoms with Crippen LogP contribution in [0.15, 0.2) is 72.8 Å². The molecule has 0 aliphatic rings. The number of para-hydroxylation sites is 1. The summed E-state index contributed by atoms with van der Waals surface area (Å²) in [5, 5.41) is 4.02. The molecule has 7 heteroatoms. The van der Waals surface area contributed by atoms with E-state index in [2.05, 4.69) is 5.32 Å². The molecule has 3 aromatic rings. The summed E-state index contributed by atoms with van der Waals surface area (Å²) in [4.78, 5) is 1.99. The molecule has 31 heavy (non-hydrogen) atoms. The molecule has 0 fully saturated rings. The van der Waals surface area contributed by atoms with Gasteiger partial charge in [0.05, 0.1) is 14.2 Å². The normalized spacial score (nSPS) is 13.7. The fourth-order valence-corrected chi connectivity index (χ4v) is 5.58. The average molecular weight is 440 g/mol. The van der Waals surface area contributed by atoms with E-state index in [1.807, 2.05) is 91.8 Å². The van der Waals surface area contributed by atoms with Crippen LogP contribution in [0.2, 0.25) is 0 Å². The molecule has 6 nitrogen and oxygen atoms in total. The van der Waals surface area contributed by atoms with Crippen LogP contribution in [0.25, 0.3) is 0 Å². The SMILES string of the molecule is COc1ccc(OC)c(C(Nc2ccccc2)P(=O)(OC)c2ccc(N(C)C)cc2)c1. The summed E-state index contributed by atoms with van der Waals surface area (Å²) in [6.07, 6.45) is 0. The Morgan fingerprint density at radius 1 is 0.871 bits per heavy atom. The molecule has 0 radical (unpaired) electrons. The molecule has 0 aliphatic carbocycles. The topological polar surface area (TPSA) is 60.0 Å². The van der Waals surface area contributed by atoms with Crippen LogP contribution in [-0.2, 0) is 9.09 Å². The van der Waals surface area contributed by atoms with Gasteiger partial charge in [-0.05, 0) is 54.6 Å². The molecule has 0 bridgehead atoms. The smallest absolute Gasteiger partial charge is 0.257 e. The van der Waals surface area contributed by atoms with Crippen molar-refractivity contribution in [1.82, 2.24) is 0 Å². The molecule has 2 unspecified atom stereocenters. The van der Waals surface area contributed by atoms with Crippen LogP contribution in [-0.4, -0.2) is 35.4 Å². The summed E-state index contributed by atoms with van der Waals surface area (Å²) >= 11 is 0. The number of methoxy groups -OCH3 is 2. The quantitative estimate of drug-likeness (QED) is 0.466. The lowest BCUT2D eigenvalue weighted by Gasteiger charge is -2.30. The monoisotopic (exact) mass is 440 g/mol. The molecule has 0 aromatic heterocycles. The molecular formula is C24H29N2O4P. The molecule has 0 spiro atoms. The molecule has 164 valence electrons. The van der Waals surface area contributed by atoms with Crippen molar-refractivity contribution in [3.63, 3.8) is 0 Å². The highest BCUT2D eigenvalue weighted by molar-refractivity contribution is 7.67. The van der Waals surface area contributed by atoms with E-state index in [9.17, 15) is 4.57 Å². The van der Waals surface area contributed by atoms with Crippen molar-refractivity contribution in [3.8, 4) is 11.5 Å². The zero-order chi connectivity index (χ0) is 22.4. The first-order valence-electron chi connectivity index (χ1n) is 9.90. The van der Waals surface area contributed by atoms with Crippen molar-refractivity contribution in [3.05, 3.63) is 78.4 Å². The largest absolute Gasteiger partial charge is 0.497 e. The van der Waals surface area contributed by atoms with E-state index in [-0.39, 0.29) is 0 Å². The summed E-state index contributed by atoms with van der Waals surface area (Å²) < 4.78 is 31.3. The number of nitrogens with one attached hydrogen (secondary N) is 1. The van der Waals surface area contributed by atoms with Crippen molar-refractivity contribution in [1.29, 1.82) is 0 Å². The minimum Gasteiger partial charge on any atom is -0.497 e. The van der Waals surface area contributed by atoms with Gasteiger partial charge in [-0.3, -0.25) is 4.57 Å². The molecule has 0 saturated carbocycles. The molecule has 0 saturated heterocycles. The summed E-state index contributed by atoms with van der Waals surface area (Å²) in [6, 6.07) is 22.7. The summed E-state index contributed by atoms with van der Waals surface area (Å²) in [5.74, 6) is 0.535. The Bertz CT molecular complexity index is 1040. The van der Waals surface area contributed by atoms with Crippen LogP contribution >= 0.6 is 7.37 Å². The second-order valence-corrected chi connectivity index (χ2v) is 9.80. The Balaban J connectivity index is 2.17. The van der Waals surface area contributed by atoms with Gasteiger partial charge in [0, 0.05) is 43.4 Å². The van der Waals surface area contributed by atoms with Gasteiger partial charge in [-0.1, -0.05) is 18.2 Å². The predicted octanol–water partition coefficient (Wildman–Crippen LogP) is 5.13. The van der Waals surface area contributed by atoms with Crippen LogP contribution in [0.1, 0.15) is 11.3 Å². The number of anilines is 2. The zero-order valence-electron chi connectivity index (χ0n) is 18.5. The molecule has 1 N–H and O–H groups in total. The Hall–Kier alpha value is -2.95. The lowest BCUT2D eigenvalue weighted by Crippen LogP contribution is -2.21. The third-order valence-electron chi connectivity index (χ3n) is 5.15. The van der Waals surface area contributed by atoms with Gasteiger partial charge in [-0.2, -0.15) is 0 Å². The fraction of sp³-hybridized carbons (Fsp3) is 0.250. The van der Waals surface area contributed by atoms with E-state index in [0.717, 1.165) is 11.4 Å². The molecule has 3 rings (SSSR count). The first kappa shape index (κ1) is 22.7. The number of hydrogen-bond acceptors (Lipinski definition) is 6. The van der Waals surface area contributed by atoms with Crippen LogP contribution < -0.4 is 25.0 Å². The lowest BCUT2D eigenvalue weighted by molar-refractivity contribution is 0.385. The highest BCUT2D eigenvalue weighted by Crippen LogP contribution is 2.60. The van der Waals surface area contributed by atoms with E-state index in [0.29, 0.717) is 22.4 Å². The van der Waals surface area contributed by atoms with E-state index >= 15 is 0 Å². The number of hydrogen-bond donors (Lipinski definition) is 1. The third kappa shape index (κ3) is 4.87. The molecule has 0 amide bonds. The van der Waals surface area contributed by atoms with Gasteiger partial charge in [0.15, 0.2) is 0 Å². The Morgan fingerprint density at radius 2 is 1.55 bits per heavy atom. The van der Waals surface area contributed by atoms with Crippen molar-refractivity contribution in [2.75, 3.05) is 45.6 Å². The van der Waals surface area contributed by atoms with Crippen molar-refractivity contribution < 1.29 is 18.6 Å². The Labute approximate surface area is 184 Å². The Morgan fingerprint density at radius 3 is 2.10 bits per heavy atom. The zero-order valence-corrected chi connectivity index (χ0v) is 19.4. The van der Waals surface area contributed by atoms with Gasteiger partial charge in [-0.15, -0.1) is 0 Å². The average Bonchev–Trinajstić information content (AvgIpc) is 2.82. The van der Waals surface area contributed by atoms with Crippen molar-refractivity contribution in [2.24, 2.45) is 0 Å². The molecular weight excluding hydrogens is 411 g/mol. The standard InChI is InChI=1S/C24H29N2O4P/c1-26(2)19-11-14-21(15-12-19)31(27,30-5)24(25-18-9-7-6-8-10-18)22-17-20(28-3)13-16-23(22)29-4/h6-17,24-25H,1-5H3. The highest BCUT2D eigenvalue weighted by Gasteiger charge is 2.39.